The molecule has 134 valence electrons. The zero-order chi connectivity index (χ0) is 18.8. The van der Waals surface area contributed by atoms with Crippen molar-refractivity contribution in [3.05, 3.63) is 0 Å². The molecule has 0 aromatic heterocycles. The fraction of sp³-hybridized carbons (Fsp3) is 0.769. The van der Waals surface area contributed by atoms with Gasteiger partial charge in [0.1, 0.15) is 0 Å². The Balaban J connectivity index is -0.000000112. The van der Waals surface area contributed by atoms with Crippen LogP contribution in [-0.2, 0) is 14.4 Å². The molecule has 0 atom stereocenters. The van der Waals surface area contributed by atoms with Gasteiger partial charge in [-0.2, -0.15) is 0 Å². The first kappa shape index (κ1) is 28.5. The predicted octanol–water partition coefficient (Wildman–Crippen LogP) is 0.0225. The van der Waals surface area contributed by atoms with Crippen LogP contribution in [0.25, 0.3) is 0 Å². The minimum Gasteiger partial charge on any atom is -0.481 e. The van der Waals surface area contributed by atoms with Crippen LogP contribution in [0.5, 0.6) is 0 Å². The third kappa shape index (κ3) is 42.9. The second-order valence-electron chi connectivity index (χ2n) is 4.28. The maximum atomic E-state index is 9.00. The standard InChI is InChI=1S/C7H16O3.3C2H4O2/c1-2-3-7(4-8,5-9)6-10;3*1-2(3)4/h8-10H,2-6H2,1H3;3*1H3,(H,3,4). The number of carbonyl (C=O) groups is 3. The Hall–Kier alpha value is -1.71. The molecule has 0 aliphatic rings. The van der Waals surface area contributed by atoms with Crippen molar-refractivity contribution in [1.82, 2.24) is 0 Å². The van der Waals surface area contributed by atoms with E-state index in [4.69, 9.17) is 45.0 Å². The molecule has 22 heavy (non-hydrogen) atoms. The zero-order valence-corrected chi connectivity index (χ0v) is 13.4. The number of hydrogen-bond acceptors (Lipinski definition) is 6. The lowest BCUT2D eigenvalue weighted by Crippen LogP contribution is -2.33. The Morgan fingerprint density at radius 2 is 0.909 bits per heavy atom. The van der Waals surface area contributed by atoms with Crippen LogP contribution in [0.1, 0.15) is 40.5 Å². The van der Waals surface area contributed by atoms with E-state index in [0.717, 1.165) is 27.2 Å². The van der Waals surface area contributed by atoms with E-state index in [-0.39, 0.29) is 19.8 Å². The van der Waals surface area contributed by atoms with Crippen LogP contribution in [0.15, 0.2) is 0 Å². The summed E-state index contributed by atoms with van der Waals surface area (Å²) < 4.78 is 0. The molecule has 0 aliphatic carbocycles. The fourth-order valence-electron chi connectivity index (χ4n) is 0.918. The summed E-state index contributed by atoms with van der Waals surface area (Å²) in [6.45, 7) is 4.77. The lowest BCUT2D eigenvalue weighted by molar-refractivity contribution is -0.135. The van der Waals surface area contributed by atoms with Gasteiger partial charge in [0.05, 0.1) is 19.8 Å². The molecular formula is C13H28O9. The topological polar surface area (TPSA) is 173 Å². The SMILES string of the molecule is CC(=O)O.CC(=O)O.CC(=O)O.CCCC(CO)(CO)CO. The van der Waals surface area contributed by atoms with Crippen LogP contribution in [-0.4, -0.2) is 68.4 Å². The van der Waals surface area contributed by atoms with Gasteiger partial charge >= 0.3 is 0 Å². The highest BCUT2D eigenvalue weighted by Gasteiger charge is 2.26. The van der Waals surface area contributed by atoms with Crippen LogP contribution in [0.2, 0.25) is 0 Å². The quantitative estimate of drug-likeness (QED) is 0.406. The van der Waals surface area contributed by atoms with Crippen molar-refractivity contribution >= 4 is 17.9 Å². The lowest BCUT2D eigenvalue weighted by Gasteiger charge is -2.26. The summed E-state index contributed by atoms with van der Waals surface area (Å²) in [6, 6.07) is 0. The van der Waals surface area contributed by atoms with Crippen molar-refractivity contribution in [2.75, 3.05) is 19.8 Å². The first-order chi connectivity index (χ1) is 9.94. The Bertz CT molecular complexity index is 236. The number of hydrogen-bond donors (Lipinski definition) is 6. The summed E-state index contributed by atoms with van der Waals surface area (Å²) >= 11 is 0. The molecular weight excluding hydrogens is 300 g/mol. The fourth-order valence-corrected chi connectivity index (χ4v) is 0.918. The minimum absolute atomic E-state index is 0.145. The first-order valence-corrected chi connectivity index (χ1v) is 6.35. The van der Waals surface area contributed by atoms with Gasteiger partial charge < -0.3 is 30.6 Å². The van der Waals surface area contributed by atoms with E-state index in [1.165, 1.54) is 0 Å². The van der Waals surface area contributed by atoms with Gasteiger partial charge in [-0.05, 0) is 6.42 Å². The predicted molar refractivity (Wildman–Crippen MR) is 78.5 cm³/mol. The van der Waals surface area contributed by atoms with Gasteiger partial charge in [0.15, 0.2) is 0 Å². The maximum absolute atomic E-state index is 9.00. The van der Waals surface area contributed by atoms with Gasteiger partial charge in [-0.3, -0.25) is 14.4 Å². The summed E-state index contributed by atoms with van der Waals surface area (Å²) in [5.74, 6) is -2.50. The van der Waals surface area contributed by atoms with Crippen molar-refractivity contribution in [2.45, 2.75) is 40.5 Å². The molecule has 9 heteroatoms. The zero-order valence-electron chi connectivity index (χ0n) is 13.4. The summed E-state index contributed by atoms with van der Waals surface area (Å²) in [5.41, 5.74) is -0.658. The third-order valence-corrected chi connectivity index (χ3v) is 1.79. The van der Waals surface area contributed by atoms with E-state index in [0.29, 0.717) is 6.42 Å². The number of aliphatic hydroxyl groups excluding tert-OH is 3. The Morgan fingerprint density at radius 1 is 0.727 bits per heavy atom. The number of carboxylic acid groups (broad SMARTS) is 3. The van der Waals surface area contributed by atoms with Crippen LogP contribution in [0, 0.1) is 5.41 Å². The average Bonchev–Trinajstić information content (AvgIpc) is 2.34. The van der Waals surface area contributed by atoms with E-state index in [9.17, 15) is 0 Å². The summed E-state index contributed by atoms with van der Waals surface area (Å²) in [5, 5.41) is 48.6. The van der Waals surface area contributed by atoms with Crippen molar-refractivity contribution in [2.24, 2.45) is 5.41 Å². The van der Waals surface area contributed by atoms with Gasteiger partial charge in [0, 0.05) is 26.2 Å². The lowest BCUT2D eigenvalue weighted by atomic mass is 9.86. The molecule has 0 heterocycles. The summed E-state index contributed by atoms with van der Waals surface area (Å²) in [4.78, 5) is 27.0. The molecule has 0 fully saturated rings. The van der Waals surface area contributed by atoms with Crippen LogP contribution >= 0.6 is 0 Å². The van der Waals surface area contributed by atoms with Gasteiger partial charge in [0.2, 0.25) is 0 Å². The number of aliphatic hydroxyl groups is 3. The van der Waals surface area contributed by atoms with Gasteiger partial charge in [-0.15, -0.1) is 0 Å². The summed E-state index contributed by atoms with van der Waals surface area (Å²) in [7, 11) is 0. The number of carboxylic acids is 3. The third-order valence-electron chi connectivity index (χ3n) is 1.79. The van der Waals surface area contributed by atoms with Crippen molar-refractivity contribution in [3.8, 4) is 0 Å². The Labute approximate surface area is 129 Å². The molecule has 6 N–H and O–H groups in total. The highest BCUT2D eigenvalue weighted by molar-refractivity contribution is 5.63. The first-order valence-electron chi connectivity index (χ1n) is 6.35. The molecule has 0 saturated carbocycles. The molecule has 9 nitrogen and oxygen atoms in total. The number of aliphatic carboxylic acids is 3. The molecule has 0 unspecified atom stereocenters. The van der Waals surface area contributed by atoms with E-state index in [2.05, 4.69) is 0 Å². The molecule has 0 saturated heterocycles. The molecule has 0 aromatic carbocycles. The Morgan fingerprint density at radius 3 is 0.955 bits per heavy atom. The van der Waals surface area contributed by atoms with Crippen molar-refractivity contribution in [1.29, 1.82) is 0 Å². The van der Waals surface area contributed by atoms with E-state index < -0.39 is 23.3 Å². The normalized spacial score (nSPS) is 8.86. The Kier molecular flexibility index (Phi) is 24.9. The van der Waals surface area contributed by atoms with E-state index in [1.54, 1.807) is 0 Å². The van der Waals surface area contributed by atoms with Crippen molar-refractivity contribution in [3.63, 3.8) is 0 Å². The molecule has 0 bridgehead atoms. The molecule has 0 aromatic rings. The van der Waals surface area contributed by atoms with Gasteiger partial charge in [-0.25, -0.2) is 0 Å². The monoisotopic (exact) mass is 328 g/mol. The molecule has 0 rings (SSSR count). The van der Waals surface area contributed by atoms with E-state index >= 15 is 0 Å². The largest absolute Gasteiger partial charge is 0.481 e. The highest BCUT2D eigenvalue weighted by Crippen LogP contribution is 2.21. The summed E-state index contributed by atoms with van der Waals surface area (Å²) in [6.07, 6.45) is 1.53. The molecule has 0 aliphatic heterocycles. The van der Waals surface area contributed by atoms with Gasteiger partial charge in [0.25, 0.3) is 17.9 Å². The molecule has 0 amide bonds. The van der Waals surface area contributed by atoms with Crippen LogP contribution in [0.3, 0.4) is 0 Å². The minimum atomic E-state index is -0.833. The second kappa shape index (κ2) is 19.3. The van der Waals surface area contributed by atoms with Gasteiger partial charge in [-0.1, -0.05) is 13.3 Å². The van der Waals surface area contributed by atoms with Crippen molar-refractivity contribution < 1.29 is 45.0 Å². The van der Waals surface area contributed by atoms with E-state index in [1.807, 2.05) is 6.92 Å². The van der Waals surface area contributed by atoms with Crippen LogP contribution in [0.4, 0.5) is 0 Å². The number of rotatable bonds is 5. The smallest absolute Gasteiger partial charge is 0.300 e. The maximum Gasteiger partial charge on any atom is 0.300 e. The molecule has 0 radical (unpaired) electrons. The van der Waals surface area contributed by atoms with Crippen LogP contribution < -0.4 is 0 Å². The highest BCUT2D eigenvalue weighted by atomic mass is 16.4. The average molecular weight is 328 g/mol. The molecule has 0 spiro atoms. The second-order valence-corrected chi connectivity index (χ2v) is 4.28.